The summed E-state index contributed by atoms with van der Waals surface area (Å²) in [6.45, 7) is 0. The minimum atomic E-state index is -0.518. The summed E-state index contributed by atoms with van der Waals surface area (Å²) < 4.78 is 12.4. The van der Waals surface area contributed by atoms with Crippen molar-refractivity contribution < 1.29 is 23.9 Å². The predicted octanol–water partition coefficient (Wildman–Crippen LogP) is 3.19. The second kappa shape index (κ2) is 7.23. The van der Waals surface area contributed by atoms with Crippen molar-refractivity contribution in [3.05, 3.63) is 60.3 Å². The van der Waals surface area contributed by atoms with Gasteiger partial charge >= 0.3 is 5.97 Å². The monoisotopic (exact) mass is 378 g/mol. The number of methoxy groups -OCH3 is 1. The number of rotatable bonds is 5. The Labute approximate surface area is 161 Å². The quantitative estimate of drug-likeness (QED) is 0.386. The van der Waals surface area contributed by atoms with Crippen molar-refractivity contribution in [2.24, 2.45) is 0 Å². The van der Waals surface area contributed by atoms with E-state index in [4.69, 9.17) is 14.3 Å². The molecule has 142 valence electrons. The van der Waals surface area contributed by atoms with Crippen LogP contribution in [0.1, 0.15) is 18.2 Å². The van der Waals surface area contributed by atoms with Crippen LogP contribution in [-0.4, -0.2) is 35.8 Å². The summed E-state index contributed by atoms with van der Waals surface area (Å²) in [6, 6.07) is 15.8. The summed E-state index contributed by atoms with van der Waals surface area (Å²) >= 11 is 0. The van der Waals surface area contributed by atoms with Crippen molar-refractivity contribution in [1.29, 1.82) is 0 Å². The van der Waals surface area contributed by atoms with Gasteiger partial charge in [0.2, 0.25) is 5.82 Å². The number of hydrogen-bond acceptors (Lipinski definition) is 6. The molecule has 7 heteroatoms. The molecule has 0 aliphatic carbocycles. The maximum atomic E-state index is 12.5. The van der Waals surface area contributed by atoms with Crippen LogP contribution in [0.4, 0.5) is 0 Å². The summed E-state index contributed by atoms with van der Waals surface area (Å²) in [4.78, 5) is 29.6. The molecule has 3 aromatic rings. The lowest BCUT2D eigenvalue weighted by Crippen LogP contribution is -2.25. The first-order valence-electron chi connectivity index (χ1n) is 8.70. The Balaban J connectivity index is 1.71. The number of carbonyl (C=O) groups excluding carboxylic acids is 2. The number of esters is 1. The molecular formula is C21H18N2O5. The van der Waals surface area contributed by atoms with Crippen molar-refractivity contribution >= 4 is 28.6 Å². The van der Waals surface area contributed by atoms with E-state index in [0.29, 0.717) is 11.5 Å². The third kappa shape index (κ3) is 2.93. The summed E-state index contributed by atoms with van der Waals surface area (Å²) in [5.74, 6) is 2.86. The molecule has 2 aromatic carbocycles. The Morgan fingerprint density at radius 3 is 2.54 bits per heavy atom. The maximum absolute atomic E-state index is 12.5. The zero-order valence-corrected chi connectivity index (χ0v) is 15.4. The number of hydrogen-bond donors (Lipinski definition) is 0. The van der Waals surface area contributed by atoms with Gasteiger partial charge in [0.15, 0.2) is 5.94 Å². The molecular weight excluding hydrogens is 360 g/mol. The molecule has 0 radical (unpaired) electrons. The Kier molecular flexibility index (Phi) is 4.61. The van der Waals surface area contributed by atoms with Crippen LogP contribution < -0.4 is 9.47 Å². The second-order valence-corrected chi connectivity index (χ2v) is 6.27. The fourth-order valence-electron chi connectivity index (χ4n) is 3.50. The summed E-state index contributed by atoms with van der Waals surface area (Å²) in [6.07, 6.45) is 0.00136. The standard InChI is InChI=1S/C21H18N2O5/c1-26-16-8-9-17-14(10-16)11-18-19(23(27-2)20(13-24)22(17)18)12-21(25)28-15-6-4-3-5-7-15/h3-11,19H,12H2,1-2H3. The van der Waals surface area contributed by atoms with Crippen molar-refractivity contribution in [3.63, 3.8) is 0 Å². The van der Waals surface area contributed by atoms with Gasteiger partial charge in [0, 0.05) is 5.39 Å². The molecule has 4 rings (SSSR count). The predicted molar refractivity (Wildman–Crippen MR) is 102 cm³/mol. The Morgan fingerprint density at radius 1 is 1.07 bits per heavy atom. The molecule has 1 aliphatic rings. The molecule has 0 N–H and O–H groups in total. The molecule has 0 fully saturated rings. The topological polar surface area (TPSA) is 70.0 Å². The number of nitrogens with zero attached hydrogens (tertiary/aromatic N) is 2. The van der Waals surface area contributed by atoms with Crippen molar-refractivity contribution in [3.8, 4) is 11.5 Å². The summed E-state index contributed by atoms with van der Waals surface area (Å²) in [5.41, 5.74) is 1.54. The molecule has 0 saturated heterocycles. The normalized spacial score (nSPS) is 15.4. The Bertz CT molecular complexity index is 1080. The van der Waals surface area contributed by atoms with Gasteiger partial charge in [-0.3, -0.25) is 14.2 Å². The van der Waals surface area contributed by atoms with Crippen molar-refractivity contribution in [2.75, 3.05) is 14.2 Å². The van der Waals surface area contributed by atoms with E-state index in [1.807, 2.05) is 36.3 Å². The van der Waals surface area contributed by atoms with Crippen LogP contribution in [0.2, 0.25) is 0 Å². The van der Waals surface area contributed by atoms with Gasteiger partial charge in [0.05, 0.1) is 31.9 Å². The lowest BCUT2D eigenvalue weighted by Gasteiger charge is -2.22. The average Bonchev–Trinajstić information content (AvgIpc) is 3.22. The van der Waals surface area contributed by atoms with Gasteiger partial charge in [-0.15, -0.1) is 0 Å². The lowest BCUT2D eigenvalue weighted by molar-refractivity contribution is -0.143. The lowest BCUT2D eigenvalue weighted by atomic mass is 10.1. The van der Waals surface area contributed by atoms with Crippen LogP contribution in [0.5, 0.6) is 11.5 Å². The molecule has 1 atom stereocenters. The van der Waals surface area contributed by atoms with Crippen LogP contribution in [0.25, 0.3) is 16.7 Å². The maximum Gasteiger partial charge on any atom is 0.313 e. The van der Waals surface area contributed by atoms with E-state index < -0.39 is 12.0 Å². The minimum absolute atomic E-state index is 0.00136. The van der Waals surface area contributed by atoms with Crippen molar-refractivity contribution in [2.45, 2.75) is 12.5 Å². The van der Waals surface area contributed by atoms with Gasteiger partial charge < -0.3 is 9.47 Å². The summed E-state index contributed by atoms with van der Waals surface area (Å²) in [5, 5.41) is 2.28. The van der Waals surface area contributed by atoms with Crippen molar-refractivity contribution in [1.82, 2.24) is 9.63 Å². The highest BCUT2D eigenvalue weighted by molar-refractivity contribution is 5.92. The molecule has 7 nitrogen and oxygen atoms in total. The Morgan fingerprint density at radius 2 is 1.86 bits per heavy atom. The third-order valence-electron chi connectivity index (χ3n) is 4.71. The fraction of sp³-hybridized carbons (Fsp3) is 0.190. The summed E-state index contributed by atoms with van der Waals surface area (Å²) in [7, 11) is 3.04. The highest BCUT2D eigenvalue weighted by atomic mass is 16.7. The molecule has 0 amide bonds. The van der Waals surface area contributed by atoms with E-state index in [0.717, 1.165) is 16.6 Å². The zero-order valence-electron chi connectivity index (χ0n) is 15.4. The highest BCUT2D eigenvalue weighted by Crippen LogP contribution is 2.42. The number of benzene rings is 2. The molecule has 1 unspecified atom stereocenters. The largest absolute Gasteiger partial charge is 0.497 e. The first-order chi connectivity index (χ1) is 13.7. The van der Waals surface area contributed by atoms with Gasteiger partial charge in [-0.25, -0.2) is 9.86 Å². The zero-order chi connectivity index (χ0) is 19.7. The van der Waals surface area contributed by atoms with Gasteiger partial charge in [-0.1, -0.05) is 18.2 Å². The van der Waals surface area contributed by atoms with E-state index in [-0.39, 0.29) is 12.2 Å². The molecule has 0 saturated carbocycles. The molecule has 1 aliphatic heterocycles. The second-order valence-electron chi connectivity index (χ2n) is 6.27. The fourth-order valence-corrected chi connectivity index (χ4v) is 3.50. The van der Waals surface area contributed by atoms with E-state index in [1.165, 1.54) is 12.2 Å². The highest BCUT2D eigenvalue weighted by Gasteiger charge is 2.39. The smallest absolute Gasteiger partial charge is 0.313 e. The number of ether oxygens (including phenoxy) is 2. The molecule has 2 heterocycles. The van der Waals surface area contributed by atoms with Gasteiger partial charge in [-0.05, 0) is 36.4 Å². The van der Waals surface area contributed by atoms with Gasteiger partial charge in [0.1, 0.15) is 17.5 Å². The number of hydroxylamine groups is 2. The first kappa shape index (κ1) is 17.9. The number of aromatic nitrogens is 1. The number of carbonyl (C=O) groups is 1. The molecule has 1 aromatic heterocycles. The first-order valence-corrected chi connectivity index (χ1v) is 8.70. The van der Waals surface area contributed by atoms with Crippen LogP contribution in [0.3, 0.4) is 0 Å². The van der Waals surface area contributed by atoms with Crippen LogP contribution in [0.15, 0.2) is 54.6 Å². The van der Waals surface area contributed by atoms with Gasteiger partial charge in [0.25, 0.3) is 0 Å². The van der Waals surface area contributed by atoms with Gasteiger partial charge in [-0.2, -0.15) is 0 Å². The number of para-hydroxylation sites is 1. The molecule has 0 spiro atoms. The minimum Gasteiger partial charge on any atom is -0.497 e. The van der Waals surface area contributed by atoms with E-state index in [9.17, 15) is 9.59 Å². The SMILES string of the molecule is COc1ccc2c(c1)cc1n2C(=C=O)N(OC)C1CC(=O)Oc1ccccc1. The van der Waals surface area contributed by atoms with E-state index >= 15 is 0 Å². The average molecular weight is 378 g/mol. The molecule has 0 bridgehead atoms. The van der Waals surface area contributed by atoms with E-state index in [2.05, 4.69) is 0 Å². The Hall–Kier alpha value is -3.54. The molecule has 28 heavy (non-hydrogen) atoms. The van der Waals surface area contributed by atoms with Crippen LogP contribution in [-0.2, 0) is 14.4 Å². The third-order valence-corrected chi connectivity index (χ3v) is 4.71. The number of fused-ring (bicyclic) bond motifs is 3. The van der Waals surface area contributed by atoms with Crippen LogP contribution >= 0.6 is 0 Å². The van der Waals surface area contributed by atoms with E-state index in [1.54, 1.807) is 35.9 Å². The van der Waals surface area contributed by atoms with Crippen LogP contribution in [0, 0.1) is 0 Å².